The Balaban J connectivity index is 1.55. The highest BCUT2D eigenvalue weighted by Gasteiger charge is 2.13. The maximum Gasteiger partial charge on any atom is 0.222 e. The Labute approximate surface area is 182 Å². The van der Waals surface area contributed by atoms with Gasteiger partial charge in [-0.3, -0.25) is 0 Å². The fourth-order valence-electron chi connectivity index (χ4n) is 3.85. The third-order valence-corrected chi connectivity index (χ3v) is 5.66. The normalized spacial score (nSPS) is 13.2. The summed E-state index contributed by atoms with van der Waals surface area (Å²) < 4.78 is 2.21. The van der Waals surface area contributed by atoms with Gasteiger partial charge in [0.05, 0.1) is 11.2 Å². The number of rotatable bonds is 10. The Hall–Kier alpha value is -3.29. The molecule has 0 saturated heterocycles. The SMILES string of the molecule is CCCCCNc1nc(N)nc2ccn(Cc3cc(CCC4=NN=NC4)ccc3C)c12. The monoisotopic (exact) mass is 418 g/mol. The molecule has 8 nitrogen and oxygen atoms in total. The molecule has 31 heavy (non-hydrogen) atoms. The Morgan fingerprint density at radius 1 is 1.13 bits per heavy atom. The molecule has 0 unspecified atom stereocenters. The number of fused-ring (bicyclic) bond motifs is 1. The standard InChI is InChI=1S/C23H30N8/c1-3-4-5-11-25-22-21-20(27-23(24)28-22)10-12-31(21)15-18-13-17(7-6-16(18)2)8-9-19-14-26-30-29-19/h6-7,10,12-13H,3-5,8-9,11,14-15H2,1-2H3,(H3,24,25,27,28). The van der Waals surface area contributed by atoms with Gasteiger partial charge in [-0.1, -0.05) is 38.0 Å². The fraction of sp³-hybridized carbons (Fsp3) is 0.435. The number of nitrogen functional groups attached to an aromatic ring is 1. The van der Waals surface area contributed by atoms with Crippen LogP contribution in [0.15, 0.2) is 45.9 Å². The van der Waals surface area contributed by atoms with Gasteiger partial charge < -0.3 is 15.6 Å². The predicted molar refractivity (Wildman–Crippen MR) is 126 cm³/mol. The molecule has 0 aliphatic carbocycles. The number of benzene rings is 1. The van der Waals surface area contributed by atoms with Gasteiger partial charge in [0.15, 0.2) is 5.82 Å². The van der Waals surface area contributed by atoms with E-state index < -0.39 is 0 Å². The van der Waals surface area contributed by atoms with E-state index in [1.54, 1.807) is 0 Å². The molecule has 162 valence electrons. The molecule has 0 bridgehead atoms. The van der Waals surface area contributed by atoms with Crippen LogP contribution in [0.5, 0.6) is 0 Å². The number of aryl methyl sites for hydroxylation is 2. The molecule has 4 rings (SSSR count). The van der Waals surface area contributed by atoms with Crippen molar-refractivity contribution in [1.29, 1.82) is 0 Å². The number of nitrogens with two attached hydrogens (primary N) is 1. The third kappa shape index (κ3) is 5.07. The van der Waals surface area contributed by atoms with E-state index in [-0.39, 0.29) is 0 Å². The molecular formula is C23H30N8. The molecule has 0 amide bonds. The number of nitrogens with one attached hydrogen (secondary N) is 1. The lowest BCUT2D eigenvalue weighted by molar-refractivity contribution is 0.742. The van der Waals surface area contributed by atoms with Crippen molar-refractivity contribution in [2.75, 3.05) is 24.1 Å². The molecule has 1 aliphatic heterocycles. The first-order valence-corrected chi connectivity index (χ1v) is 11.0. The predicted octanol–water partition coefficient (Wildman–Crippen LogP) is 4.73. The second kappa shape index (κ2) is 9.68. The molecule has 0 saturated carbocycles. The zero-order valence-corrected chi connectivity index (χ0v) is 18.3. The molecule has 1 aromatic carbocycles. The lowest BCUT2D eigenvalue weighted by atomic mass is 10.0. The average molecular weight is 419 g/mol. The molecule has 0 fully saturated rings. The van der Waals surface area contributed by atoms with Crippen LogP contribution in [-0.2, 0) is 13.0 Å². The van der Waals surface area contributed by atoms with Gasteiger partial charge in [0, 0.05) is 19.3 Å². The zero-order valence-electron chi connectivity index (χ0n) is 18.3. The third-order valence-electron chi connectivity index (χ3n) is 5.66. The summed E-state index contributed by atoms with van der Waals surface area (Å²) in [5, 5.41) is 15.2. The first-order chi connectivity index (χ1) is 15.1. The van der Waals surface area contributed by atoms with E-state index in [2.05, 4.69) is 73.5 Å². The van der Waals surface area contributed by atoms with Gasteiger partial charge in [-0.15, -0.1) is 5.10 Å². The lowest BCUT2D eigenvalue weighted by Crippen LogP contribution is -2.09. The smallest absolute Gasteiger partial charge is 0.222 e. The molecule has 3 heterocycles. The minimum Gasteiger partial charge on any atom is -0.368 e. The first-order valence-electron chi connectivity index (χ1n) is 11.0. The van der Waals surface area contributed by atoms with Crippen molar-refractivity contribution >= 4 is 28.5 Å². The van der Waals surface area contributed by atoms with Crippen LogP contribution in [0.1, 0.15) is 49.3 Å². The van der Waals surface area contributed by atoms with Gasteiger partial charge in [-0.05, 0) is 54.2 Å². The number of nitrogens with zero attached hydrogens (tertiary/aromatic N) is 6. The van der Waals surface area contributed by atoms with E-state index in [4.69, 9.17) is 5.73 Å². The molecule has 1 aliphatic rings. The highest BCUT2D eigenvalue weighted by atomic mass is 15.4. The highest BCUT2D eigenvalue weighted by molar-refractivity contribution is 5.88. The van der Waals surface area contributed by atoms with Gasteiger partial charge in [0.2, 0.25) is 5.95 Å². The molecule has 3 aromatic rings. The van der Waals surface area contributed by atoms with Crippen molar-refractivity contribution in [2.45, 2.75) is 52.5 Å². The Morgan fingerprint density at radius 3 is 2.84 bits per heavy atom. The van der Waals surface area contributed by atoms with Crippen LogP contribution in [0.25, 0.3) is 11.0 Å². The van der Waals surface area contributed by atoms with E-state index in [0.29, 0.717) is 12.5 Å². The molecule has 3 N–H and O–H groups in total. The van der Waals surface area contributed by atoms with Crippen LogP contribution in [0, 0.1) is 6.92 Å². The molecule has 0 spiro atoms. The van der Waals surface area contributed by atoms with Crippen LogP contribution >= 0.6 is 0 Å². The Morgan fingerprint density at radius 2 is 2.03 bits per heavy atom. The average Bonchev–Trinajstić information content (AvgIpc) is 3.42. The van der Waals surface area contributed by atoms with Crippen LogP contribution in [-0.4, -0.2) is 33.3 Å². The van der Waals surface area contributed by atoms with Crippen molar-refractivity contribution in [3.8, 4) is 0 Å². The fourth-order valence-corrected chi connectivity index (χ4v) is 3.85. The number of hydrogen-bond donors (Lipinski definition) is 2. The van der Waals surface area contributed by atoms with Crippen molar-refractivity contribution in [3.63, 3.8) is 0 Å². The van der Waals surface area contributed by atoms with Crippen LogP contribution < -0.4 is 11.1 Å². The molecule has 0 atom stereocenters. The van der Waals surface area contributed by atoms with Gasteiger partial charge in [-0.2, -0.15) is 10.1 Å². The summed E-state index contributed by atoms with van der Waals surface area (Å²) in [6, 6.07) is 8.69. The number of hydrogen-bond acceptors (Lipinski definition) is 7. The van der Waals surface area contributed by atoms with Gasteiger partial charge in [-0.25, -0.2) is 4.98 Å². The summed E-state index contributed by atoms with van der Waals surface area (Å²) in [5.74, 6) is 1.11. The van der Waals surface area contributed by atoms with Gasteiger partial charge >= 0.3 is 0 Å². The van der Waals surface area contributed by atoms with E-state index in [1.807, 2.05) is 6.07 Å². The topological polar surface area (TPSA) is 106 Å². The van der Waals surface area contributed by atoms with Gasteiger partial charge in [0.1, 0.15) is 12.1 Å². The molecule has 8 heteroatoms. The van der Waals surface area contributed by atoms with Crippen molar-refractivity contribution in [2.24, 2.45) is 15.4 Å². The summed E-state index contributed by atoms with van der Waals surface area (Å²) in [6.45, 7) is 6.62. The Kier molecular flexibility index (Phi) is 6.54. The number of aromatic nitrogens is 3. The van der Waals surface area contributed by atoms with Crippen LogP contribution in [0.2, 0.25) is 0 Å². The number of unbranched alkanes of at least 4 members (excludes halogenated alkanes) is 2. The van der Waals surface area contributed by atoms with E-state index in [0.717, 1.165) is 54.9 Å². The van der Waals surface area contributed by atoms with Crippen molar-refractivity contribution < 1.29 is 0 Å². The quantitative estimate of drug-likeness (QED) is 0.464. The summed E-state index contributed by atoms with van der Waals surface area (Å²) >= 11 is 0. The van der Waals surface area contributed by atoms with Crippen molar-refractivity contribution in [1.82, 2.24) is 14.5 Å². The second-order valence-corrected chi connectivity index (χ2v) is 8.06. The van der Waals surface area contributed by atoms with E-state index >= 15 is 0 Å². The van der Waals surface area contributed by atoms with Crippen LogP contribution in [0.4, 0.5) is 11.8 Å². The van der Waals surface area contributed by atoms with E-state index in [1.165, 1.54) is 29.5 Å². The largest absolute Gasteiger partial charge is 0.368 e. The first kappa shape index (κ1) is 21.0. The molecule has 2 aromatic heterocycles. The second-order valence-electron chi connectivity index (χ2n) is 8.06. The van der Waals surface area contributed by atoms with Crippen LogP contribution in [0.3, 0.4) is 0 Å². The summed E-state index contributed by atoms with van der Waals surface area (Å²) in [6.07, 6.45) is 7.38. The van der Waals surface area contributed by atoms with Crippen molar-refractivity contribution in [3.05, 3.63) is 47.2 Å². The van der Waals surface area contributed by atoms with Gasteiger partial charge in [0.25, 0.3) is 0 Å². The maximum absolute atomic E-state index is 5.95. The maximum atomic E-state index is 5.95. The summed E-state index contributed by atoms with van der Waals surface area (Å²) in [5.41, 5.74) is 12.7. The number of anilines is 2. The highest BCUT2D eigenvalue weighted by Crippen LogP contribution is 2.25. The minimum atomic E-state index is 0.301. The Bertz CT molecular complexity index is 1110. The lowest BCUT2D eigenvalue weighted by Gasteiger charge is -2.14. The molecule has 0 radical (unpaired) electrons. The zero-order chi connectivity index (χ0) is 21.6. The minimum absolute atomic E-state index is 0.301. The summed E-state index contributed by atoms with van der Waals surface area (Å²) in [4.78, 5) is 8.92. The molecular weight excluding hydrogens is 388 g/mol. The van der Waals surface area contributed by atoms with E-state index in [9.17, 15) is 0 Å². The summed E-state index contributed by atoms with van der Waals surface area (Å²) in [7, 11) is 0.